The van der Waals surface area contributed by atoms with Gasteiger partial charge in [0.05, 0.1) is 7.11 Å². The van der Waals surface area contributed by atoms with Gasteiger partial charge in [-0.3, -0.25) is 9.69 Å². The number of rotatable bonds is 6. The van der Waals surface area contributed by atoms with Gasteiger partial charge in [-0.1, -0.05) is 26.7 Å². The Hall–Kier alpha value is -0.610. The van der Waals surface area contributed by atoms with Gasteiger partial charge in [0, 0.05) is 12.6 Å². The minimum Gasteiger partial charge on any atom is -0.468 e. The van der Waals surface area contributed by atoms with Gasteiger partial charge in [-0.25, -0.2) is 0 Å². The van der Waals surface area contributed by atoms with E-state index in [2.05, 4.69) is 17.1 Å². The molecule has 0 aromatic rings. The van der Waals surface area contributed by atoms with Crippen molar-refractivity contribution in [3.8, 4) is 0 Å². The Labute approximate surface area is 117 Å². The highest BCUT2D eigenvalue weighted by Gasteiger charge is 2.37. The van der Waals surface area contributed by atoms with Gasteiger partial charge in [0.1, 0.15) is 5.54 Å². The Morgan fingerprint density at radius 2 is 2.11 bits per heavy atom. The maximum absolute atomic E-state index is 12.1. The molecule has 4 heteroatoms. The highest BCUT2D eigenvalue weighted by atomic mass is 16.5. The molecule has 0 aromatic heterocycles. The van der Waals surface area contributed by atoms with Crippen LogP contribution in [-0.2, 0) is 9.53 Å². The van der Waals surface area contributed by atoms with Crippen LogP contribution in [0.25, 0.3) is 0 Å². The van der Waals surface area contributed by atoms with E-state index in [4.69, 9.17) is 4.74 Å². The fourth-order valence-electron chi connectivity index (χ4n) is 3.12. The summed E-state index contributed by atoms with van der Waals surface area (Å²) >= 11 is 0. The van der Waals surface area contributed by atoms with Crippen LogP contribution in [0.4, 0.5) is 0 Å². The summed E-state index contributed by atoms with van der Waals surface area (Å²) in [7, 11) is 1.47. The Bertz CT molecular complexity index is 283. The molecule has 112 valence electrons. The van der Waals surface area contributed by atoms with Gasteiger partial charge in [0.2, 0.25) is 0 Å². The van der Waals surface area contributed by atoms with E-state index in [9.17, 15) is 4.79 Å². The van der Waals surface area contributed by atoms with Crippen molar-refractivity contribution in [3.05, 3.63) is 0 Å². The van der Waals surface area contributed by atoms with Crippen molar-refractivity contribution in [1.82, 2.24) is 10.2 Å². The molecule has 1 aliphatic rings. The highest BCUT2D eigenvalue weighted by Crippen LogP contribution is 2.22. The van der Waals surface area contributed by atoms with Crippen molar-refractivity contribution in [2.45, 2.75) is 64.5 Å². The molecule has 0 saturated carbocycles. The molecular weight excluding hydrogens is 240 g/mol. The van der Waals surface area contributed by atoms with Gasteiger partial charge in [-0.05, 0) is 39.3 Å². The number of nitrogens with one attached hydrogen (secondary N) is 1. The van der Waals surface area contributed by atoms with Gasteiger partial charge < -0.3 is 10.1 Å². The molecule has 1 aliphatic heterocycles. The third kappa shape index (κ3) is 4.46. The van der Waals surface area contributed by atoms with E-state index in [1.165, 1.54) is 32.8 Å². The summed E-state index contributed by atoms with van der Waals surface area (Å²) in [4.78, 5) is 14.5. The number of methoxy groups -OCH3 is 1. The molecule has 0 amide bonds. The SMILES string of the molecule is CCNC(C)(CN1CCCCCC1CC)C(=O)OC. The third-order valence-electron chi connectivity index (χ3n) is 4.19. The van der Waals surface area contributed by atoms with Gasteiger partial charge in [0.25, 0.3) is 0 Å². The number of likely N-dealkylation sites (tertiary alicyclic amines) is 1. The van der Waals surface area contributed by atoms with Crippen LogP contribution in [-0.4, -0.2) is 49.2 Å². The summed E-state index contributed by atoms with van der Waals surface area (Å²) in [5.41, 5.74) is -0.596. The zero-order valence-corrected chi connectivity index (χ0v) is 13.0. The van der Waals surface area contributed by atoms with Crippen molar-refractivity contribution in [2.75, 3.05) is 26.7 Å². The predicted octanol–water partition coefficient (Wildman–Crippen LogP) is 2.18. The van der Waals surface area contributed by atoms with E-state index in [0.29, 0.717) is 6.04 Å². The van der Waals surface area contributed by atoms with E-state index >= 15 is 0 Å². The first kappa shape index (κ1) is 16.4. The average molecular weight is 270 g/mol. The molecule has 1 N–H and O–H groups in total. The van der Waals surface area contributed by atoms with Crippen LogP contribution < -0.4 is 5.32 Å². The third-order valence-corrected chi connectivity index (χ3v) is 4.19. The van der Waals surface area contributed by atoms with E-state index in [1.807, 2.05) is 13.8 Å². The summed E-state index contributed by atoms with van der Waals surface area (Å²) in [6.07, 6.45) is 6.26. The summed E-state index contributed by atoms with van der Waals surface area (Å²) in [5, 5.41) is 3.31. The quantitative estimate of drug-likeness (QED) is 0.751. The number of carbonyl (C=O) groups excluding carboxylic acids is 1. The molecule has 1 saturated heterocycles. The van der Waals surface area contributed by atoms with Crippen molar-refractivity contribution in [3.63, 3.8) is 0 Å². The van der Waals surface area contributed by atoms with Gasteiger partial charge in [-0.2, -0.15) is 0 Å². The van der Waals surface area contributed by atoms with Crippen LogP contribution in [0.1, 0.15) is 52.9 Å². The standard InChI is InChI=1S/C15H30N2O2/c1-5-13-10-8-7-9-11-17(13)12-15(3,16-6-2)14(18)19-4/h13,16H,5-12H2,1-4H3. The minimum atomic E-state index is -0.596. The molecule has 19 heavy (non-hydrogen) atoms. The number of ether oxygens (including phenoxy) is 1. The maximum atomic E-state index is 12.1. The van der Waals surface area contributed by atoms with E-state index in [-0.39, 0.29) is 5.97 Å². The summed E-state index contributed by atoms with van der Waals surface area (Å²) in [6, 6.07) is 0.602. The van der Waals surface area contributed by atoms with Crippen LogP contribution in [0.3, 0.4) is 0 Å². The second kappa shape index (κ2) is 7.85. The van der Waals surface area contributed by atoms with Crippen LogP contribution in [0, 0.1) is 0 Å². The van der Waals surface area contributed by atoms with Crippen molar-refractivity contribution >= 4 is 5.97 Å². The lowest BCUT2D eigenvalue weighted by Crippen LogP contribution is -2.58. The van der Waals surface area contributed by atoms with Crippen molar-refractivity contribution in [2.24, 2.45) is 0 Å². The van der Waals surface area contributed by atoms with Crippen LogP contribution in [0.5, 0.6) is 0 Å². The molecule has 1 rings (SSSR count). The molecule has 0 radical (unpaired) electrons. The number of nitrogens with zero attached hydrogens (tertiary/aromatic N) is 1. The van der Waals surface area contributed by atoms with Crippen LogP contribution in [0.2, 0.25) is 0 Å². The average Bonchev–Trinajstić information content (AvgIpc) is 2.62. The molecule has 0 aliphatic carbocycles. The van der Waals surface area contributed by atoms with E-state index < -0.39 is 5.54 Å². The smallest absolute Gasteiger partial charge is 0.327 e. The Kier molecular flexibility index (Phi) is 6.80. The van der Waals surface area contributed by atoms with Gasteiger partial charge in [-0.15, -0.1) is 0 Å². The number of hydrogen-bond acceptors (Lipinski definition) is 4. The van der Waals surface area contributed by atoms with Crippen molar-refractivity contribution < 1.29 is 9.53 Å². The normalized spacial score (nSPS) is 24.5. The molecule has 0 spiro atoms. The summed E-state index contributed by atoms with van der Waals surface area (Å²) < 4.78 is 4.98. The second-order valence-electron chi connectivity index (χ2n) is 5.74. The molecule has 2 unspecified atom stereocenters. The number of carbonyl (C=O) groups is 1. The van der Waals surface area contributed by atoms with Gasteiger partial charge in [0.15, 0.2) is 0 Å². The first-order chi connectivity index (χ1) is 9.07. The largest absolute Gasteiger partial charge is 0.468 e. The van der Waals surface area contributed by atoms with E-state index in [0.717, 1.165) is 26.1 Å². The van der Waals surface area contributed by atoms with Gasteiger partial charge >= 0.3 is 5.97 Å². The molecule has 1 fully saturated rings. The fourth-order valence-corrected chi connectivity index (χ4v) is 3.12. The lowest BCUT2D eigenvalue weighted by molar-refractivity contribution is -0.149. The topological polar surface area (TPSA) is 41.6 Å². The molecule has 2 atom stereocenters. The minimum absolute atomic E-state index is 0.159. The lowest BCUT2D eigenvalue weighted by atomic mass is 9.99. The fraction of sp³-hybridized carbons (Fsp3) is 0.933. The molecule has 0 aromatic carbocycles. The lowest BCUT2D eigenvalue weighted by Gasteiger charge is -2.37. The highest BCUT2D eigenvalue weighted by molar-refractivity contribution is 5.80. The van der Waals surface area contributed by atoms with E-state index in [1.54, 1.807) is 0 Å². The van der Waals surface area contributed by atoms with Crippen molar-refractivity contribution in [1.29, 1.82) is 0 Å². The first-order valence-corrected chi connectivity index (χ1v) is 7.64. The summed E-state index contributed by atoms with van der Waals surface area (Å²) in [5.74, 6) is -0.159. The summed E-state index contributed by atoms with van der Waals surface area (Å²) in [6.45, 7) is 8.84. The number of esters is 1. The molecule has 0 bridgehead atoms. The Morgan fingerprint density at radius 3 is 2.68 bits per heavy atom. The Balaban J connectivity index is 2.77. The monoisotopic (exact) mass is 270 g/mol. The Morgan fingerprint density at radius 1 is 1.37 bits per heavy atom. The molecular formula is C15H30N2O2. The zero-order chi connectivity index (χ0) is 14.3. The van der Waals surface area contributed by atoms with Crippen LogP contribution in [0.15, 0.2) is 0 Å². The molecule has 1 heterocycles. The van der Waals surface area contributed by atoms with Crippen LogP contribution >= 0.6 is 0 Å². The zero-order valence-electron chi connectivity index (χ0n) is 13.0. The first-order valence-electron chi connectivity index (χ1n) is 7.64. The maximum Gasteiger partial charge on any atom is 0.327 e. The number of likely N-dealkylation sites (N-methyl/N-ethyl adjacent to an activating group) is 1. The number of hydrogen-bond donors (Lipinski definition) is 1. The second-order valence-corrected chi connectivity index (χ2v) is 5.74. The predicted molar refractivity (Wildman–Crippen MR) is 78.2 cm³/mol. The molecule has 4 nitrogen and oxygen atoms in total.